The fourth-order valence-corrected chi connectivity index (χ4v) is 4.33. The predicted octanol–water partition coefficient (Wildman–Crippen LogP) is 4.79. The van der Waals surface area contributed by atoms with Crippen molar-refractivity contribution in [3.05, 3.63) is 94.0 Å². The van der Waals surface area contributed by atoms with Gasteiger partial charge in [-0.1, -0.05) is 55.5 Å². The molecule has 0 spiro atoms. The van der Waals surface area contributed by atoms with Gasteiger partial charge in [-0.05, 0) is 63.3 Å². The van der Waals surface area contributed by atoms with E-state index in [0.29, 0.717) is 17.9 Å². The summed E-state index contributed by atoms with van der Waals surface area (Å²) in [6.07, 6.45) is 1.28. The molecule has 0 aromatic heterocycles. The molecule has 0 heterocycles. The van der Waals surface area contributed by atoms with Gasteiger partial charge in [0.2, 0.25) is 5.91 Å². The van der Waals surface area contributed by atoms with Gasteiger partial charge in [0.1, 0.15) is 17.5 Å². The summed E-state index contributed by atoms with van der Waals surface area (Å²) in [7, 11) is 3.18. The van der Waals surface area contributed by atoms with E-state index in [1.807, 2.05) is 72.8 Å². The van der Waals surface area contributed by atoms with Gasteiger partial charge >= 0.3 is 0 Å². The molecule has 0 radical (unpaired) electrons. The first-order valence-corrected chi connectivity index (χ1v) is 12.3. The predicted molar refractivity (Wildman–Crippen MR) is 141 cm³/mol. The minimum Gasteiger partial charge on any atom is -0.497 e. The zero-order valence-corrected chi connectivity index (χ0v) is 21.9. The average Bonchev–Trinajstić information content (AvgIpc) is 2.89. The average molecular weight is 539 g/mol. The number of amides is 2. The van der Waals surface area contributed by atoms with Crippen LogP contribution >= 0.6 is 15.9 Å². The number of hydrogen-bond donors (Lipinski definition) is 1. The van der Waals surface area contributed by atoms with Gasteiger partial charge in [0.25, 0.3) is 5.91 Å². The molecule has 0 aliphatic heterocycles. The summed E-state index contributed by atoms with van der Waals surface area (Å²) in [5.74, 6) is 0.740. The van der Waals surface area contributed by atoms with Crippen LogP contribution in [0.1, 0.15) is 23.6 Å². The van der Waals surface area contributed by atoms with Crippen LogP contribution < -0.4 is 14.8 Å². The Balaban J connectivity index is 1.88. The molecular formula is C28H31BrN2O4. The first kappa shape index (κ1) is 26.3. The molecule has 3 rings (SSSR count). The third kappa shape index (κ3) is 7.33. The number of benzene rings is 3. The number of hydrogen-bond acceptors (Lipinski definition) is 4. The zero-order chi connectivity index (χ0) is 25.2. The lowest BCUT2D eigenvalue weighted by atomic mass is 10.0. The highest BCUT2D eigenvalue weighted by Crippen LogP contribution is 2.26. The van der Waals surface area contributed by atoms with E-state index < -0.39 is 6.04 Å². The molecule has 0 saturated heterocycles. The first-order chi connectivity index (χ1) is 16.9. The van der Waals surface area contributed by atoms with Gasteiger partial charge in [-0.2, -0.15) is 0 Å². The number of nitrogens with zero attached hydrogens (tertiary/aromatic N) is 1. The van der Waals surface area contributed by atoms with Gasteiger partial charge in [0.05, 0.1) is 11.6 Å². The number of halogens is 1. The van der Waals surface area contributed by atoms with Crippen LogP contribution in [0.25, 0.3) is 0 Å². The molecule has 1 atom stereocenters. The maximum absolute atomic E-state index is 13.5. The minimum absolute atomic E-state index is 0.198. The first-order valence-electron chi connectivity index (χ1n) is 11.5. The summed E-state index contributed by atoms with van der Waals surface area (Å²) in [4.78, 5) is 28.1. The Hall–Kier alpha value is -3.32. The summed E-state index contributed by atoms with van der Waals surface area (Å²) in [5, 5.41) is 2.72. The standard InChI is InChI=1S/C28H31BrN2O4/c1-4-20-13-14-26(24(29)16-20)35-19-27(32)31(18-22-11-8-12-23(15-22)34-3)25(28(33)30-2)17-21-9-6-5-7-10-21/h5-16,25H,4,17-19H2,1-3H3,(H,30,33)/t25-/m0/s1. The van der Waals surface area contributed by atoms with Crippen LogP contribution in [-0.4, -0.2) is 43.5 Å². The maximum atomic E-state index is 13.5. The van der Waals surface area contributed by atoms with Crippen LogP contribution in [0, 0.1) is 0 Å². The molecule has 0 unspecified atom stereocenters. The Morgan fingerprint density at radius 2 is 1.71 bits per heavy atom. The molecule has 35 heavy (non-hydrogen) atoms. The molecule has 0 aliphatic carbocycles. The van der Waals surface area contributed by atoms with Crippen LogP contribution in [0.5, 0.6) is 11.5 Å². The largest absolute Gasteiger partial charge is 0.497 e. The van der Waals surface area contributed by atoms with Gasteiger partial charge in [0.15, 0.2) is 6.61 Å². The highest BCUT2D eigenvalue weighted by Gasteiger charge is 2.30. The van der Waals surface area contributed by atoms with E-state index in [1.165, 1.54) is 0 Å². The van der Waals surface area contributed by atoms with E-state index in [-0.39, 0.29) is 25.0 Å². The number of aryl methyl sites for hydroxylation is 1. The quantitative estimate of drug-likeness (QED) is 0.381. The fraction of sp³-hybridized carbons (Fsp3) is 0.286. The molecule has 6 nitrogen and oxygen atoms in total. The molecule has 0 bridgehead atoms. The second-order valence-electron chi connectivity index (χ2n) is 8.10. The molecule has 0 aliphatic rings. The van der Waals surface area contributed by atoms with Crippen LogP contribution in [0.4, 0.5) is 0 Å². The van der Waals surface area contributed by atoms with E-state index in [9.17, 15) is 9.59 Å². The van der Waals surface area contributed by atoms with Crippen molar-refractivity contribution in [2.75, 3.05) is 20.8 Å². The van der Waals surface area contributed by atoms with Crippen molar-refractivity contribution in [2.24, 2.45) is 0 Å². The topological polar surface area (TPSA) is 67.9 Å². The molecule has 184 valence electrons. The van der Waals surface area contributed by atoms with Crippen LogP contribution in [0.15, 0.2) is 77.3 Å². The van der Waals surface area contributed by atoms with Gasteiger partial charge in [-0.15, -0.1) is 0 Å². The molecule has 3 aromatic rings. The lowest BCUT2D eigenvalue weighted by Crippen LogP contribution is -2.51. The molecule has 7 heteroatoms. The lowest BCUT2D eigenvalue weighted by molar-refractivity contribution is -0.142. The van der Waals surface area contributed by atoms with Gasteiger partial charge < -0.3 is 19.7 Å². The van der Waals surface area contributed by atoms with Crippen molar-refractivity contribution in [3.63, 3.8) is 0 Å². The summed E-state index contributed by atoms with van der Waals surface area (Å²) < 4.78 is 12.0. The monoisotopic (exact) mass is 538 g/mol. The van der Waals surface area contributed by atoms with Crippen LogP contribution in [0.3, 0.4) is 0 Å². The smallest absolute Gasteiger partial charge is 0.261 e. The highest BCUT2D eigenvalue weighted by molar-refractivity contribution is 9.10. The van der Waals surface area contributed by atoms with Crippen molar-refractivity contribution >= 4 is 27.7 Å². The van der Waals surface area contributed by atoms with Crippen molar-refractivity contribution in [3.8, 4) is 11.5 Å². The number of rotatable bonds is 11. The van der Waals surface area contributed by atoms with Crippen molar-refractivity contribution in [1.29, 1.82) is 0 Å². The highest BCUT2D eigenvalue weighted by atomic mass is 79.9. The van der Waals surface area contributed by atoms with E-state index >= 15 is 0 Å². The molecule has 3 aromatic carbocycles. The summed E-state index contributed by atoms with van der Waals surface area (Å²) in [6, 6.07) is 22.2. The number of carbonyl (C=O) groups is 2. The summed E-state index contributed by atoms with van der Waals surface area (Å²) in [5.41, 5.74) is 2.98. The number of nitrogens with one attached hydrogen (secondary N) is 1. The minimum atomic E-state index is -0.712. The zero-order valence-electron chi connectivity index (χ0n) is 20.3. The van der Waals surface area contributed by atoms with E-state index in [0.717, 1.165) is 27.6 Å². The lowest BCUT2D eigenvalue weighted by Gasteiger charge is -2.31. The van der Waals surface area contributed by atoms with Gasteiger partial charge in [-0.3, -0.25) is 9.59 Å². The molecule has 0 fully saturated rings. The third-order valence-electron chi connectivity index (χ3n) is 5.76. The van der Waals surface area contributed by atoms with Crippen molar-refractivity contribution in [1.82, 2.24) is 10.2 Å². The summed E-state index contributed by atoms with van der Waals surface area (Å²) >= 11 is 3.52. The molecular weight excluding hydrogens is 508 g/mol. The fourth-order valence-electron chi connectivity index (χ4n) is 3.79. The Labute approximate surface area is 215 Å². The Bertz CT molecular complexity index is 1140. The molecule has 1 N–H and O–H groups in total. The van der Waals surface area contributed by atoms with Crippen LogP contribution in [0.2, 0.25) is 0 Å². The number of ether oxygens (including phenoxy) is 2. The number of carbonyl (C=O) groups excluding carboxylic acids is 2. The second kappa shape index (κ2) is 13.0. The third-order valence-corrected chi connectivity index (χ3v) is 6.38. The molecule has 2 amide bonds. The Kier molecular flexibility index (Phi) is 9.73. The Morgan fingerprint density at radius 1 is 0.971 bits per heavy atom. The second-order valence-corrected chi connectivity index (χ2v) is 8.95. The van der Waals surface area contributed by atoms with Gasteiger partial charge in [0, 0.05) is 20.0 Å². The van der Waals surface area contributed by atoms with E-state index in [4.69, 9.17) is 9.47 Å². The van der Waals surface area contributed by atoms with Crippen LogP contribution in [-0.2, 0) is 29.0 Å². The normalized spacial score (nSPS) is 11.4. The Morgan fingerprint density at radius 3 is 2.37 bits per heavy atom. The summed E-state index contributed by atoms with van der Waals surface area (Å²) in [6.45, 7) is 2.12. The van der Waals surface area contributed by atoms with E-state index in [2.05, 4.69) is 28.2 Å². The molecule has 0 saturated carbocycles. The van der Waals surface area contributed by atoms with Crippen molar-refractivity contribution < 1.29 is 19.1 Å². The number of methoxy groups -OCH3 is 1. The SMILES string of the molecule is CCc1ccc(OCC(=O)N(Cc2cccc(OC)c2)[C@@H](Cc2ccccc2)C(=O)NC)c(Br)c1. The van der Waals surface area contributed by atoms with E-state index in [1.54, 1.807) is 19.1 Å². The van der Waals surface area contributed by atoms with Crippen molar-refractivity contribution in [2.45, 2.75) is 32.4 Å². The number of likely N-dealkylation sites (N-methyl/N-ethyl adjacent to an activating group) is 1. The van der Waals surface area contributed by atoms with Gasteiger partial charge in [-0.25, -0.2) is 0 Å². The maximum Gasteiger partial charge on any atom is 0.261 e.